The fourth-order valence-corrected chi connectivity index (χ4v) is 2.15. The number of hydrogen-bond donors (Lipinski definition) is 3. The molecule has 0 aliphatic heterocycles. The van der Waals surface area contributed by atoms with Gasteiger partial charge in [-0.2, -0.15) is 0 Å². The van der Waals surface area contributed by atoms with Crippen LogP contribution in [0.25, 0.3) is 0 Å². The van der Waals surface area contributed by atoms with Gasteiger partial charge in [-0.15, -0.1) is 0 Å². The molecule has 1 amide bonds. The number of rotatable bonds is 9. The number of benzene rings is 1. The van der Waals surface area contributed by atoms with Crippen LogP contribution in [0, 0.1) is 6.92 Å². The van der Waals surface area contributed by atoms with Gasteiger partial charge in [0.15, 0.2) is 0 Å². The summed E-state index contributed by atoms with van der Waals surface area (Å²) >= 11 is 5.99. The first kappa shape index (κ1) is 18.5. The molecule has 1 atom stereocenters. The van der Waals surface area contributed by atoms with Crippen molar-refractivity contribution in [3.8, 4) is 0 Å². The van der Waals surface area contributed by atoms with Crippen molar-refractivity contribution in [2.24, 2.45) is 0 Å². The summed E-state index contributed by atoms with van der Waals surface area (Å²) in [6, 6.07) is 4.32. The standard InChI is InChI=1S/C16H23ClN2O3/c1-3-4-5-8-18-14(16(21)22)10-15(20)19-12-7-6-11(2)13(17)9-12/h6-7,9,14,18H,3-5,8,10H2,1-2H3,(H,19,20)(H,21,22). The predicted octanol–water partition coefficient (Wildman–Crippen LogP) is 3.21. The summed E-state index contributed by atoms with van der Waals surface area (Å²) in [6.45, 7) is 4.54. The van der Waals surface area contributed by atoms with Crippen LogP contribution in [0.4, 0.5) is 5.69 Å². The van der Waals surface area contributed by atoms with E-state index in [1.165, 1.54) is 0 Å². The number of aryl methyl sites for hydroxylation is 1. The number of nitrogens with one attached hydrogen (secondary N) is 2. The van der Waals surface area contributed by atoms with E-state index in [1.54, 1.807) is 18.2 Å². The van der Waals surface area contributed by atoms with Crippen LogP contribution in [0.5, 0.6) is 0 Å². The van der Waals surface area contributed by atoms with Crippen LogP contribution < -0.4 is 10.6 Å². The maximum atomic E-state index is 12.0. The maximum Gasteiger partial charge on any atom is 0.321 e. The highest BCUT2D eigenvalue weighted by atomic mass is 35.5. The van der Waals surface area contributed by atoms with Crippen molar-refractivity contribution in [3.05, 3.63) is 28.8 Å². The molecule has 0 radical (unpaired) electrons. The van der Waals surface area contributed by atoms with Gasteiger partial charge in [-0.3, -0.25) is 9.59 Å². The minimum absolute atomic E-state index is 0.118. The first-order valence-corrected chi connectivity index (χ1v) is 7.84. The van der Waals surface area contributed by atoms with Gasteiger partial charge in [0.1, 0.15) is 6.04 Å². The molecule has 22 heavy (non-hydrogen) atoms. The number of carboxylic acid groups (broad SMARTS) is 1. The lowest BCUT2D eigenvalue weighted by molar-refractivity contribution is -0.141. The quantitative estimate of drug-likeness (QED) is 0.609. The van der Waals surface area contributed by atoms with E-state index >= 15 is 0 Å². The Kier molecular flexibility index (Phi) is 7.91. The van der Waals surface area contributed by atoms with Crippen molar-refractivity contribution < 1.29 is 14.7 Å². The Morgan fingerprint density at radius 2 is 2.05 bits per heavy atom. The number of amides is 1. The first-order valence-electron chi connectivity index (χ1n) is 7.46. The van der Waals surface area contributed by atoms with Crippen molar-refractivity contribution in [2.75, 3.05) is 11.9 Å². The molecule has 0 aliphatic carbocycles. The van der Waals surface area contributed by atoms with Gasteiger partial charge >= 0.3 is 5.97 Å². The van der Waals surface area contributed by atoms with Gasteiger partial charge < -0.3 is 15.7 Å². The molecule has 0 saturated heterocycles. The van der Waals surface area contributed by atoms with Crippen LogP contribution in [0.3, 0.4) is 0 Å². The van der Waals surface area contributed by atoms with Gasteiger partial charge in [-0.25, -0.2) is 0 Å². The molecule has 0 heterocycles. The Bertz CT molecular complexity index is 520. The molecular weight excluding hydrogens is 304 g/mol. The second-order valence-corrected chi connectivity index (χ2v) is 5.68. The zero-order valence-corrected chi connectivity index (χ0v) is 13.7. The van der Waals surface area contributed by atoms with Gasteiger partial charge in [0.25, 0.3) is 0 Å². The van der Waals surface area contributed by atoms with E-state index in [9.17, 15) is 9.59 Å². The highest BCUT2D eigenvalue weighted by molar-refractivity contribution is 6.31. The summed E-state index contributed by atoms with van der Waals surface area (Å²) in [6.07, 6.45) is 2.88. The zero-order valence-electron chi connectivity index (χ0n) is 13.0. The summed E-state index contributed by atoms with van der Waals surface area (Å²) in [5, 5.41) is 15.3. The van der Waals surface area contributed by atoms with Crippen LogP contribution in [-0.2, 0) is 9.59 Å². The number of hydrogen-bond acceptors (Lipinski definition) is 3. The Balaban J connectivity index is 2.52. The number of anilines is 1. The molecule has 0 saturated carbocycles. The molecule has 0 aliphatic rings. The lowest BCUT2D eigenvalue weighted by Gasteiger charge is -2.14. The third kappa shape index (κ3) is 6.45. The number of carbonyl (C=O) groups is 2. The lowest BCUT2D eigenvalue weighted by atomic mass is 10.1. The zero-order chi connectivity index (χ0) is 16.5. The number of carboxylic acids is 1. The molecule has 0 fully saturated rings. The Hall–Kier alpha value is -1.59. The largest absolute Gasteiger partial charge is 0.480 e. The van der Waals surface area contributed by atoms with Gasteiger partial charge in [-0.1, -0.05) is 37.4 Å². The van der Waals surface area contributed by atoms with Crippen LogP contribution in [0.1, 0.15) is 38.2 Å². The lowest BCUT2D eigenvalue weighted by Crippen LogP contribution is -2.40. The second kappa shape index (κ2) is 9.43. The van der Waals surface area contributed by atoms with Gasteiger partial charge in [0.2, 0.25) is 5.91 Å². The minimum atomic E-state index is -1.02. The summed E-state index contributed by atoms with van der Waals surface area (Å²) in [5.41, 5.74) is 1.48. The van der Waals surface area contributed by atoms with Crippen molar-refractivity contribution in [1.82, 2.24) is 5.32 Å². The van der Waals surface area contributed by atoms with E-state index in [0.29, 0.717) is 17.3 Å². The Morgan fingerprint density at radius 3 is 2.64 bits per heavy atom. The summed E-state index contributed by atoms with van der Waals surface area (Å²) in [7, 11) is 0. The molecule has 1 rings (SSSR count). The molecule has 0 bridgehead atoms. The summed E-state index contributed by atoms with van der Waals surface area (Å²) in [4.78, 5) is 23.1. The molecule has 5 nitrogen and oxygen atoms in total. The molecule has 0 spiro atoms. The molecular formula is C16H23ClN2O3. The normalized spacial score (nSPS) is 12.0. The Labute approximate surface area is 136 Å². The SMILES string of the molecule is CCCCCNC(CC(=O)Nc1ccc(C)c(Cl)c1)C(=O)O. The van der Waals surface area contributed by atoms with E-state index in [4.69, 9.17) is 16.7 Å². The molecule has 6 heteroatoms. The van der Waals surface area contributed by atoms with Crippen molar-refractivity contribution in [2.45, 2.75) is 45.6 Å². The van der Waals surface area contributed by atoms with Crippen LogP contribution in [-0.4, -0.2) is 29.6 Å². The van der Waals surface area contributed by atoms with E-state index in [2.05, 4.69) is 17.6 Å². The van der Waals surface area contributed by atoms with E-state index < -0.39 is 12.0 Å². The highest BCUT2D eigenvalue weighted by Crippen LogP contribution is 2.20. The van der Waals surface area contributed by atoms with Gasteiger partial charge in [-0.05, 0) is 37.6 Å². The van der Waals surface area contributed by atoms with Crippen LogP contribution in [0.15, 0.2) is 18.2 Å². The van der Waals surface area contributed by atoms with E-state index in [1.807, 2.05) is 6.92 Å². The number of aliphatic carboxylic acids is 1. The molecule has 1 aromatic rings. The van der Waals surface area contributed by atoms with Crippen molar-refractivity contribution in [1.29, 1.82) is 0 Å². The highest BCUT2D eigenvalue weighted by Gasteiger charge is 2.20. The van der Waals surface area contributed by atoms with E-state index in [0.717, 1.165) is 24.8 Å². The van der Waals surface area contributed by atoms with Crippen molar-refractivity contribution in [3.63, 3.8) is 0 Å². The van der Waals surface area contributed by atoms with Crippen LogP contribution in [0.2, 0.25) is 5.02 Å². The predicted molar refractivity (Wildman–Crippen MR) is 88.4 cm³/mol. The molecule has 1 unspecified atom stereocenters. The topological polar surface area (TPSA) is 78.4 Å². The first-order chi connectivity index (χ1) is 10.4. The van der Waals surface area contributed by atoms with E-state index in [-0.39, 0.29) is 12.3 Å². The monoisotopic (exact) mass is 326 g/mol. The maximum absolute atomic E-state index is 12.0. The van der Waals surface area contributed by atoms with Crippen molar-refractivity contribution >= 4 is 29.2 Å². The number of unbranched alkanes of at least 4 members (excludes halogenated alkanes) is 2. The fraction of sp³-hybridized carbons (Fsp3) is 0.500. The second-order valence-electron chi connectivity index (χ2n) is 5.27. The summed E-state index contributed by atoms with van der Waals surface area (Å²) in [5.74, 6) is -1.37. The smallest absolute Gasteiger partial charge is 0.321 e. The van der Waals surface area contributed by atoms with Gasteiger partial charge in [0.05, 0.1) is 6.42 Å². The average molecular weight is 327 g/mol. The third-order valence-corrected chi connectivity index (χ3v) is 3.72. The molecule has 1 aromatic carbocycles. The van der Waals surface area contributed by atoms with Crippen LogP contribution >= 0.6 is 11.6 Å². The fourth-order valence-electron chi connectivity index (χ4n) is 1.97. The molecule has 3 N–H and O–H groups in total. The molecule has 0 aromatic heterocycles. The number of carbonyl (C=O) groups excluding carboxylic acids is 1. The Morgan fingerprint density at radius 1 is 1.32 bits per heavy atom. The summed E-state index contributed by atoms with van der Waals surface area (Å²) < 4.78 is 0. The number of halogens is 1. The van der Waals surface area contributed by atoms with Gasteiger partial charge in [0, 0.05) is 10.7 Å². The average Bonchev–Trinajstić information content (AvgIpc) is 2.46. The minimum Gasteiger partial charge on any atom is -0.480 e. The molecule has 122 valence electrons. The third-order valence-electron chi connectivity index (χ3n) is 3.31.